The lowest BCUT2D eigenvalue weighted by Crippen LogP contribution is -2.24. The molecule has 0 aliphatic rings. The van der Waals surface area contributed by atoms with Gasteiger partial charge in [-0.2, -0.15) is 0 Å². The molecule has 0 radical (unpaired) electrons. The lowest BCUT2D eigenvalue weighted by atomic mass is 10.2. The van der Waals surface area contributed by atoms with Crippen molar-refractivity contribution in [3.8, 4) is 5.75 Å². The van der Waals surface area contributed by atoms with Gasteiger partial charge in [0.25, 0.3) is 0 Å². The molecule has 2 heteroatoms. The van der Waals surface area contributed by atoms with Gasteiger partial charge in [0.05, 0.1) is 0 Å². The molecule has 1 aromatic rings. The number of benzene rings is 1. The average molecular weight is 205 g/mol. The van der Waals surface area contributed by atoms with Crippen molar-refractivity contribution in [1.29, 1.82) is 0 Å². The van der Waals surface area contributed by atoms with E-state index in [0.717, 1.165) is 18.8 Å². The Hall–Kier alpha value is -1.44. The summed E-state index contributed by atoms with van der Waals surface area (Å²) in [5.74, 6) is 1.56. The monoisotopic (exact) mass is 205 g/mol. The summed E-state index contributed by atoms with van der Waals surface area (Å²) >= 11 is 0. The second kappa shape index (κ2) is 5.44. The molecule has 0 spiro atoms. The van der Waals surface area contributed by atoms with Gasteiger partial charge in [0, 0.05) is 13.1 Å². The summed E-state index contributed by atoms with van der Waals surface area (Å²) in [5.41, 5.74) is 1.23. The molecule has 0 aromatic heterocycles. The lowest BCUT2D eigenvalue weighted by Gasteiger charge is -2.22. The molecule has 0 amide bonds. The number of ether oxygens (including phenoxy) is 1. The van der Waals surface area contributed by atoms with Crippen molar-refractivity contribution in [2.75, 3.05) is 13.1 Å². The van der Waals surface area contributed by atoms with Crippen LogP contribution in [0.3, 0.4) is 0 Å². The smallest absolute Gasteiger partial charge is 0.188 e. The predicted molar refractivity (Wildman–Crippen MR) is 63.9 cm³/mol. The minimum atomic E-state index is 0.712. The fraction of sp³-hybridized carbons (Fsp3) is 0.385. The van der Waals surface area contributed by atoms with Crippen molar-refractivity contribution >= 4 is 0 Å². The van der Waals surface area contributed by atoms with Crippen LogP contribution < -0.4 is 4.74 Å². The maximum atomic E-state index is 5.64. The minimum Gasteiger partial charge on any atom is -0.442 e. The van der Waals surface area contributed by atoms with E-state index in [2.05, 4.69) is 32.3 Å². The summed E-state index contributed by atoms with van der Waals surface area (Å²) in [7, 11) is 0. The topological polar surface area (TPSA) is 12.5 Å². The van der Waals surface area contributed by atoms with Gasteiger partial charge >= 0.3 is 0 Å². The molecule has 15 heavy (non-hydrogen) atoms. The average Bonchev–Trinajstić information content (AvgIpc) is 2.23. The first kappa shape index (κ1) is 11.6. The Kier molecular flexibility index (Phi) is 4.22. The van der Waals surface area contributed by atoms with Crippen LogP contribution in [-0.4, -0.2) is 18.0 Å². The molecule has 0 saturated heterocycles. The third-order valence-electron chi connectivity index (χ3n) is 2.37. The molecule has 2 nitrogen and oxygen atoms in total. The Bertz CT molecular complexity index is 312. The van der Waals surface area contributed by atoms with Crippen LogP contribution in [0.15, 0.2) is 36.7 Å². The van der Waals surface area contributed by atoms with Crippen LogP contribution in [0.1, 0.15) is 19.4 Å². The van der Waals surface area contributed by atoms with Gasteiger partial charge in [0.1, 0.15) is 5.75 Å². The van der Waals surface area contributed by atoms with Gasteiger partial charge in [-0.1, -0.05) is 17.7 Å². The van der Waals surface area contributed by atoms with Crippen molar-refractivity contribution in [1.82, 2.24) is 4.90 Å². The third-order valence-corrected chi connectivity index (χ3v) is 2.37. The molecule has 1 rings (SSSR count). The fourth-order valence-electron chi connectivity index (χ4n) is 1.38. The van der Waals surface area contributed by atoms with E-state index in [1.807, 2.05) is 24.3 Å². The molecule has 0 fully saturated rings. The molecule has 0 unspecified atom stereocenters. The van der Waals surface area contributed by atoms with Crippen LogP contribution in [0.2, 0.25) is 0 Å². The largest absolute Gasteiger partial charge is 0.442 e. The lowest BCUT2D eigenvalue weighted by molar-refractivity contribution is 0.233. The Balaban J connectivity index is 2.61. The van der Waals surface area contributed by atoms with E-state index in [1.165, 1.54) is 5.56 Å². The van der Waals surface area contributed by atoms with Gasteiger partial charge in [-0.25, -0.2) is 0 Å². The van der Waals surface area contributed by atoms with Crippen LogP contribution >= 0.6 is 0 Å². The van der Waals surface area contributed by atoms with Crippen molar-refractivity contribution < 1.29 is 4.74 Å². The van der Waals surface area contributed by atoms with Crippen LogP contribution in [0.4, 0.5) is 0 Å². The molecule has 0 atom stereocenters. The van der Waals surface area contributed by atoms with Gasteiger partial charge in [-0.15, -0.1) is 0 Å². The maximum Gasteiger partial charge on any atom is 0.188 e. The standard InChI is InChI=1S/C13H19NO/c1-5-14(6-2)12(4)15-13-9-7-11(3)8-10-13/h7-10H,4-6H2,1-3H3. The predicted octanol–water partition coefficient (Wildman–Crippen LogP) is 3.19. The number of hydrogen-bond acceptors (Lipinski definition) is 2. The minimum absolute atomic E-state index is 0.712. The zero-order chi connectivity index (χ0) is 11.3. The Labute approximate surface area is 92.2 Å². The maximum absolute atomic E-state index is 5.64. The van der Waals surface area contributed by atoms with Gasteiger partial charge in [-0.05, 0) is 39.5 Å². The van der Waals surface area contributed by atoms with E-state index in [0.29, 0.717) is 5.88 Å². The van der Waals surface area contributed by atoms with Gasteiger partial charge in [0.15, 0.2) is 5.88 Å². The molecule has 1 aromatic carbocycles. The van der Waals surface area contributed by atoms with Crippen LogP contribution in [0.5, 0.6) is 5.75 Å². The quantitative estimate of drug-likeness (QED) is 0.684. The van der Waals surface area contributed by atoms with Crippen LogP contribution in [-0.2, 0) is 0 Å². The van der Waals surface area contributed by atoms with E-state index in [1.54, 1.807) is 0 Å². The molecule has 0 heterocycles. The fourth-order valence-corrected chi connectivity index (χ4v) is 1.38. The molecular formula is C13H19NO. The number of rotatable bonds is 5. The van der Waals surface area contributed by atoms with E-state index >= 15 is 0 Å². The van der Waals surface area contributed by atoms with Crippen LogP contribution in [0.25, 0.3) is 0 Å². The summed E-state index contributed by atoms with van der Waals surface area (Å²) in [6, 6.07) is 7.99. The van der Waals surface area contributed by atoms with E-state index in [9.17, 15) is 0 Å². The van der Waals surface area contributed by atoms with Crippen molar-refractivity contribution in [3.05, 3.63) is 42.3 Å². The highest BCUT2D eigenvalue weighted by molar-refractivity contribution is 5.27. The zero-order valence-electron chi connectivity index (χ0n) is 9.79. The molecule has 0 bridgehead atoms. The van der Waals surface area contributed by atoms with Crippen molar-refractivity contribution in [3.63, 3.8) is 0 Å². The normalized spacial score (nSPS) is 9.80. The number of nitrogens with zero attached hydrogens (tertiary/aromatic N) is 1. The van der Waals surface area contributed by atoms with E-state index in [-0.39, 0.29) is 0 Å². The molecule has 82 valence electrons. The Morgan fingerprint density at radius 3 is 2.20 bits per heavy atom. The second-order valence-corrected chi connectivity index (χ2v) is 3.48. The Morgan fingerprint density at radius 2 is 1.73 bits per heavy atom. The van der Waals surface area contributed by atoms with E-state index in [4.69, 9.17) is 4.74 Å². The first-order valence-electron chi connectivity index (χ1n) is 5.35. The number of aryl methyl sites for hydroxylation is 1. The SMILES string of the molecule is C=C(Oc1ccc(C)cc1)N(CC)CC. The first-order valence-corrected chi connectivity index (χ1v) is 5.35. The molecule has 0 saturated carbocycles. The summed E-state index contributed by atoms with van der Waals surface area (Å²) in [5, 5.41) is 0. The summed E-state index contributed by atoms with van der Waals surface area (Å²) in [6.07, 6.45) is 0. The molecular weight excluding hydrogens is 186 g/mol. The second-order valence-electron chi connectivity index (χ2n) is 3.48. The summed E-state index contributed by atoms with van der Waals surface area (Å²) < 4.78 is 5.64. The highest BCUT2D eigenvalue weighted by Crippen LogP contribution is 2.15. The van der Waals surface area contributed by atoms with Crippen molar-refractivity contribution in [2.45, 2.75) is 20.8 Å². The zero-order valence-corrected chi connectivity index (χ0v) is 9.79. The van der Waals surface area contributed by atoms with Gasteiger partial charge in [0.2, 0.25) is 0 Å². The van der Waals surface area contributed by atoms with Gasteiger partial charge < -0.3 is 9.64 Å². The third kappa shape index (κ3) is 3.31. The summed E-state index contributed by atoms with van der Waals surface area (Å²) in [4.78, 5) is 2.08. The highest BCUT2D eigenvalue weighted by Gasteiger charge is 2.04. The molecule has 0 N–H and O–H groups in total. The van der Waals surface area contributed by atoms with E-state index < -0.39 is 0 Å². The molecule has 0 aliphatic heterocycles. The van der Waals surface area contributed by atoms with Crippen LogP contribution in [0, 0.1) is 6.92 Å². The summed E-state index contributed by atoms with van der Waals surface area (Å²) in [6.45, 7) is 12.0. The van der Waals surface area contributed by atoms with Gasteiger partial charge in [-0.3, -0.25) is 0 Å². The Morgan fingerprint density at radius 1 is 1.20 bits per heavy atom. The van der Waals surface area contributed by atoms with Crippen molar-refractivity contribution in [2.24, 2.45) is 0 Å². The molecule has 0 aliphatic carbocycles. The first-order chi connectivity index (χ1) is 7.17. The highest BCUT2D eigenvalue weighted by atomic mass is 16.5. The number of hydrogen-bond donors (Lipinski definition) is 0.